The maximum atomic E-state index is 12.4. The number of thioether (sulfide) groups is 2. The van der Waals surface area contributed by atoms with Gasteiger partial charge in [-0.25, -0.2) is 9.59 Å². The van der Waals surface area contributed by atoms with E-state index in [-0.39, 0.29) is 113 Å². The van der Waals surface area contributed by atoms with Crippen LogP contribution in [-0.2, 0) is 57.3 Å². The van der Waals surface area contributed by atoms with Crippen molar-refractivity contribution in [3.05, 3.63) is 29.8 Å². The third-order valence-corrected chi connectivity index (χ3v) is 13.6. The van der Waals surface area contributed by atoms with Gasteiger partial charge in [0.05, 0.1) is 69.2 Å². The van der Waals surface area contributed by atoms with Gasteiger partial charge in [0.15, 0.2) is 0 Å². The van der Waals surface area contributed by atoms with Crippen LogP contribution in [0.3, 0.4) is 0 Å². The van der Waals surface area contributed by atoms with Gasteiger partial charge < -0.3 is 60.1 Å². The number of aromatic carboxylic acids is 1. The van der Waals surface area contributed by atoms with Crippen LogP contribution in [0, 0.1) is 11.8 Å². The van der Waals surface area contributed by atoms with Gasteiger partial charge in [0.1, 0.15) is 42.4 Å². The molecule has 0 unspecified atom stereocenters. The van der Waals surface area contributed by atoms with Crippen molar-refractivity contribution in [3.63, 3.8) is 0 Å². The lowest BCUT2D eigenvalue weighted by Gasteiger charge is -2.16. The first kappa shape index (κ1) is 68.4. The topological polar surface area (TPSA) is 317 Å². The van der Waals surface area contributed by atoms with Crippen LogP contribution in [-0.4, -0.2) is 182 Å². The van der Waals surface area contributed by atoms with E-state index in [1.165, 1.54) is 23.9 Å². The minimum Gasteiger partial charge on any atom is -0.494 e. The van der Waals surface area contributed by atoms with Gasteiger partial charge in [-0.2, -0.15) is 23.5 Å². The summed E-state index contributed by atoms with van der Waals surface area (Å²) >= 11 is 2.82. The molecular formula is C52H83N3O18S2. The summed E-state index contributed by atoms with van der Waals surface area (Å²) in [7, 11) is 0. The predicted molar refractivity (Wildman–Crippen MR) is 283 cm³/mol. The fourth-order valence-electron chi connectivity index (χ4n) is 7.02. The van der Waals surface area contributed by atoms with E-state index in [0.717, 1.165) is 57.1 Å². The monoisotopic (exact) mass is 1100 g/mol. The highest BCUT2D eigenvalue weighted by Gasteiger charge is 2.25. The molecule has 0 saturated carbocycles. The second kappa shape index (κ2) is 45.5. The summed E-state index contributed by atoms with van der Waals surface area (Å²) in [6.45, 7) is 3.01. The van der Waals surface area contributed by atoms with Gasteiger partial charge in [0.2, 0.25) is 17.7 Å². The van der Waals surface area contributed by atoms with Crippen LogP contribution in [0.15, 0.2) is 24.3 Å². The maximum absolute atomic E-state index is 12.4. The van der Waals surface area contributed by atoms with Crippen LogP contribution in [0.1, 0.15) is 126 Å². The van der Waals surface area contributed by atoms with Gasteiger partial charge in [-0.1, -0.05) is 39.0 Å². The van der Waals surface area contributed by atoms with Crippen molar-refractivity contribution in [2.45, 2.75) is 122 Å². The molecule has 75 heavy (non-hydrogen) atoms. The van der Waals surface area contributed by atoms with Crippen LogP contribution in [0.4, 0.5) is 0 Å². The summed E-state index contributed by atoms with van der Waals surface area (Å²) in [5.41, 5.74) is 0.237. The molecule has 1 aromatic carbocycles. The highest BCUT2D eigenvalue weighted by Crippen LogP contribution is 2.19. The van der Waals surface area contributed by atoms with Crippen LogP contribution in [0.2, 0.25) is 0 Å². The molecule has 0 aromatic heterocycles. The zero-order valence-electron chi connectivity index (χ0n) is 43.7. The molecule has 21 nitrogen and oxygen atoms in total. The number of carbonyl (C=O) groups is 9. The maximum Gasteiger partial charge on any atom is 0.335 e. The molecular weight excluding hydrogens is 1020 g/mol. The van der Waals surface area contributed by atoms with Crippen LogP contribution < -0.4 is 20.7 Å². The second-order valence-corrected chi connectivity index (χ2v) is 19.9. The Bertz CT molecular complexity index is 1810. The summed E-state index contributed by atoms with van der Waals surface area (Å²) in [4.78, 5) is 107. The third-order valence-electron chi connectivity index (χ3n) is 11.4. The average Bonchev–Trinajstić information content (AvgIpc) is 3.38. The molecule has 0 bridgehead atoms. The highest BCUT2D eigenvalue weighted by atomic mass is 32.2. The van der Waals surface area contributed by atoms with Crippen LogP contribution in [0.5, 0.6) is 5.75 Å². The number of carbonyl (C=O) groups excluding carboxylic acids is 6. The number of hydrogen-bond donors (Lipinski definition) is 7. The predicted octanol–water partition coefficient (Wildman–Crippen LogP) is 4.77. The number of unbranched alkanes of at least 4 members (excludes halogenated alkanes) is 7. The number of carboxylic acids is 3. The number of nitrogens with one attached hydrogen (secondary N) is 3. The van der Waals surface area contributed by atoms with E-state index in [4.69, 9.17) is 39.0 Å². The molecule has 0 saturated heterocycles. The number of ether oxygens (including phenoxy) is 5. The standard InChI is InChI=1S/C52H83N3O18S2/c1-2-39(46(59)32-41(33-56)51(65)66)36-75-38-49(62)53-22-10-9-17-45(52(67)68)55-48(61)35-72-30-28-70-26-23-54-47(60)34-71-29-27-69-24-12-15-42(57)16-13-31-74-37-43(58)14-8-6-4-3-5-7-11-25-73-44-20-18-40(19-21-44)50(63)64/h18-21,39,41,45,56H,2-17,22-38H2,1H3,(H,53,62)(H,54,60)(H,55,61)(H,63,64)(H,65,66)(H,67,68)/t39-,41-,45+/m0/s1. The van der Waals surface area contributed by atoms with Crippen LogP contribution in [0.25, 0.3) is 0 Å². The van der Waals surface area contributed by atoms with Gasteiger partial charge in [-0.05, 0) is 81.4 Å². The molecule has 0 radical (unpaired) electrons. The second-order valence-electron chi connectivity index (χ2n) is 17.7. The smallest absolute Gasteiger partial charge is 0.335 e. The Morgan fingerprint density at radius 3 is 1.83 bits per heavy atom. The molecule has 0 aliphatic heterocycles. The Hall–Kier alpha value is -4.65. The molecule has 426 valence electrons. The van der Waals surface area contributed by atoms with Gasteiger partial charge in [-0.3, -0.25) is 33.6 Å². The number of rotatable bonds is 52. The van der Waals surface area contributed by atoms with Crippen molar-refractivity contribution in [1.82, 2.24) is 16.0 Å². The zero-order chi connectivity index (χ0) is 55.3. The number of Topliss-reactive ketones (excluding diaryl/α,β-unsaturated/α-hetero) is 3. The molecule has 7 N–H and O–H groups in total. The van der Waals surface area contributed by atoms with Gasteiger partial charge in [0.25, 0.3) is 0 Å². The molecule has 0 heterocycles. The Morgan fingerprint density at radius 1 is 0.560 bits per heavy atom. The van der Waals surface area contributed by atoms with Crippen LogP contribution >= 0.6 is 23.5 Å². The third kappa shape index (κ3) is 38.5. The number of hydrogen-bond acceptors (Lipinski definition) is 17. The summed E-state index contributed by atoms with van der Waals surface area (Å²) in [6.07, 6.45) is 11.3. The number of benzene rings is 1. The number of amides is 3. The number of aliphatic carboxylic acids is 2. The van der Waals surface area contributed by atoms with Gasteiger partial charge in [0, 0.05) is 57.1 Å². The molecule has 1 rings (SSSR count). The first-order chi connectivity index (χ1) is 36.2. The highest BCUT2D eigenvalue weighted by molar-refractivity contribution is 8.00. The first-order valence-corrected chi connectivity index (χ1v) is 28.4. The van der Waals surface area contributed by atoms with Crippen molar-refractivity contribution < 1.29 is 87.3 Å². The number of carboxylic acid groups (broad SMARTS) is 3. The molecule has 0 aliphatic carbocycles. The number of ketones is 3. The average molecular weight is 1100 g/mol. The number of aliphatic hydroxyl groups is 1. The van der Waals surface area contributed by atoms with Gasteiger partial charge in [-0.15, -0.1) is 0 Å². The van der Waals surface area contributed by atoms with E-state index in [1.54, 1.807) is 30.8 Å². The van der Waals surface area contributed by atoms with Crippen molar-refractivity contribution in [2.75, 3.05) is 102 Å². The van der Waals surface area contributed by atoms with E-state index in [1.807, 2.05) is 0 Å². The minimum absolute atomic E-state index is 0.0595. The van der Waals surface area contributed by atoms with Crippen molar-refractivity contribution in [2.24, 2.45) is 11.8 Å². The molecule has 0 spiro atoms. The number of aliphatic hydroxyl groups excluding tert-OH is 1. The quantitative estimate of drug-likeness (QED) is 0.0432. The molecule has 23 heteroatoms. The van der Waals surface area contributed by atoms with E-state index < -0.39 is 48.3 Å². The lowest BCUT2D eigenvalue weighted by atomic mass is 9.94. The summed E-state index contributed by atoms with van der Waals surface area (Å²) < 4.78 is 27.1. The molecule has 0 aliphatic rings. The molecule has 3 amide bonds. The zero-order valence-corrected chi connectivity index (χ0v) is 45.3. The first-order valence-electron chi connectivity index (χ1n) is 26.0. The van der Waals surface area contributed by atoms with E-state index in [2.05, 4.69) is 16.0 Å². The Labute approximate surface area is 449 Å². The Balaban J connectivity index is 1.91. The van der Waals surface area contributed by atoms with Crippen molar-refractivity contribution in [3.8, 4) is 5.75 Å². The SMILES string of the molecule is CC[C@@H](CSCC(=O)NCCCC[C@@H](NC(=O)COCCOCCNC(=O)COCCOCCCC(=O)CCCSCC(=O)CCCCCCCCCOc1ccc(C(=O)O)cc1)C(=O)O)C(=O)C[C@@H](CO)C(=O)O. The summed E-state index contributed by atoms with van der Waals surface area (Å²) in [5, 5.41) is 44.5. The Morgan fingerprint density at radius 2 is 1.17 bits per heavy atom. The molecule has 3 atom stereocenters. The fraction of sp³-hybridized carbons (Fsp3) is 0.712. The van der Waals surface area contributed by atoms with Gasteiger partial charge >= 0.3 is 17.9 Å². The normalized spacial score (nSPS) is 12.3. The summed E-state index contributed by atoms with van der Waals surface area (Å²) in [5.74, 6) is -3.71. The largest absolute Gasteiger partial charge is 0.494 e. The lowest BCUT2D eigenvalue weighted by molar-refractivity contribution is -0.145. The van der Waals surface area contributed by atoms with Crippen molar-refractivity contribution in [1.29, 1.82) is 0 Å². The minimum atomic E-state index is -1.24. The van der Waals surface area contributed by atoms with E-state index in [9.17, 15) is 48.3 Å². The Kier molecular flexibility index (Phi) is 41.5. The lowest BCUT2D eigenvalue weighted by Crippen LogP contribution is -2.42. The molecule has 0 fully saturated rings. The molecule has 1 aromatic rings. The summed E-state index contributed by atoms with van der Waals surface area (Å²) in [6, 6.07) is 5.26. The fourth-order valence-corrected chi connectivity index (χ4v) is 8.99. The van der Waals surface area contributed by atoms with E-state index in [0.29, 0.717) is 75.4 Å². The van der Waals surface area contributed by atoms with E-state index >= 15 is 0 Å². The van der Waals surface area contributed by atoms with Crippen molar-refractivity contribution >= 4 is 76.5 Å².